The monoisotopic (exact) mass is 300 g/mol. The number of aromatic nitrogens is 4. The van der Waals surface area contributed by atoms with Crippen LogP contribution in [-0.4, -0.2) is 37.8 Å². The Morgan fingerprint density at radius 1 is 1.41 bits per heavy atom. The number of rotatable bonds is 4. The van der Waals surface area contributed by atoms with Gasteiger partial charge in [0.05, 0.1) is 18.6 Å². The first-order valence-corrected chi connectivity index (χ1v) is 7.53. The van der Waals surface area contributed by atoms with Crippen LogP contribution in [0.1, 0.15) is 38.1 Å². The number of imidazole rings is 1. The molecule has 0 amide bonds. The molecule has 0 spiro atoms. The van der Waals surface area contributed by atoms with Gasteiger partial charge in [-0.05, 0) is 37.8 Å². The average Bonchev–Trinajstić information content (AvgIpc) is 3.00. The highest BCUT2D eigenvalue weighted by Crippen LogP contribution is 2.26. The normalized spacial score (nSPS) is 20.1. The Bertz CT molecular complexity index is 699. The molecule has 1 unspecified atom stereocenters. The van der Waals surface area contributed by atoms with E-state index in [1.54, 1.807) is 12.7 Å². The maximum atomic E-state index is 8.99. The summed E-state index contributed by atoms with van der Waals surface area (Å²) in [5.41, 5.74) is 3.22. The molecule has 6 nitrogen and oxygen atoms in total. The summed E-state index contributed by atoms with van der Waals surface area (Å²) in [5.74, 6) is 0. The highest BCUT2D eigenvalue weighted by atomic mass is 16.5. The first kappa shape index (κ1) is 14.9. The van der Waals surface area contributed by atoms with E-state index in [1.807, 2.05) is 29.7 Å². The fraction of sp³-hybridized carbons (Fsp3) is 0.438. The first-order valence-electron chi connectivity index (χ1n) is 7.53. The van der Waals surface area contributed by atoms with E-state index in [1.165, 1.54) is 0 Å². The fourth-order valence-corrected chi connectivity index (χ4v) is 2.50. The Kier molecular flexibility index (Phi) is 4.60. The smallest absolute Gasteiger partial charge is 0.165 e. The van der Waals surface area contributed by atoms with Crippen LogP contribution in [-0.2, 0) is 4.74 Å². The molecule has 0 saturated carbocycles. The van der Waals surface area contributed by atoms with Gasteiger partial charge in [0, 0.05) is 6.61 Å². The van der Waals surface area contributed by atoms with Crippen molar-refractivity contribution in [1.29, 1.82) is 0 Å². The Hall–Kier alpha value is -2.05. The Balaban J connectivity index is 1.91. The molecule has 3 rings (SSSR count). The minimum absolute atomic E-state index is 0.0157. The maximum Gasteiger partial charge on any atom is 0.165 e. The van der Waals surface area contributed by atoms with Gasteiger partial charge >= 0.3 is 0 Å². The van der Waals surface area contributed by atoms with E-state index in [-0.39, 0.29) is 12.8 Å². The summed E-state index contributed by atoms with van der Waals surface area (Å²) in [6.07, 6.45) is 12.2. The third-order valence-electron chi connectivity index (χ3n) is 3.74. The zero-order chi connectivity index (χ0) is 15.4. The van der Waals surface area contributed by atoms with Gasteiger partial charge in [0.15, 0.2) is 5.65 Å². The lowest BCUT2D eigenvalue weighted by molar-refractivity contribution is -0.0298. The van der Waals surface area contributed by atoms with Crippen molar-refractivity contribution in [3.05, 3.63) is 36.1 Å². The predicted octanol–water partition coefficient (Wildman–Crippen LogP) is 2.48. The van der Waals surface area contributed by atoms with Gasteiger partial charge in [-0.2, -0.15) is 0 Å². The lowest BCUT2D eigenvalue weighted by Gasteiger charge is -2.23. The molecule has 1 N–H and O–H groups in total. The van der Waals surface area contributed by atoms with Crippen molar-refractivity contribution < 1.29 is 9.84 Å². The van der Waals surface area contributed by atoms with Crippen LogP contribution in [0.25, 0.3) is 17.2 Å². The van der Waals surface area contributed by atoms with Gasteiger partial charge in [0.2, 0.25) is 0 Å². The van der Waals surface area contributed by atoms with Gasteiger partial charge in [0.1, 0.15) is 18.1 Å². The van der Waals surface area contributed by atoms with E-state index in [0.717, 1.165) is 48.3 Å². The molecule has 3 heterocycles. The number of aliphatic hydroxyl groups excluding tert-OH is 1. The predicted molar refractivity (Wildman–Crippen MR) is 84.0 cm³/mol. The van der Waals surface area contributed by atoms with Crippen molar-refractivity contribution >= 4 is 17.2 Å². The molecule has 0 bridgehead atoms. The molecule has 0 aliphatic carbocycles. The second-order valence-electron chi connectivity index (χ2n) is 5.43. The van der Waals surface area contributed by atoms with E-state index < -0.39 is 0 Å². The molecular weight excluding hydrogens is 280 g/mol. The number of nitrogens with zero attached hydrogens (tertiary/aromatic N) is 4. The topological polar surface area (TPSA) is 73.1 Å². The number of aliphatic hydroxyl groups is 1. The highest BCUT2D eigenvalue weighted by molar-refractivity contribution is 5.80. The Morgan fingerprint density at radius 3 is 3.09 bits per heavy atom. The van der Waals surface area contributed by atoms with Crippen LogP contribution in [0.5, 0.6) is 0 Å². The van der Waals surface area contributed by atoms with E-state index in [9.17, 15) is 0 Å². The summed E-state index contributed by atoms with van der Waals surface area (Å²) in [4.78, 5) is 13.1. The van der Waals surface area contributed by atoms with Crippen molar-refractivity contribution in [1.82, 2.24) is 19.5 Å². The Morgan fingerprint density at radius 2 is 2.32 bits per heavy atom. The minimum atomic E-state index is 0.0157. The van der Waals surface area contributed by atoms with Crippen molar-refractivity contribution in [3.63, 3.8) is 0 Å². The van der Waals surface area contributed by atoms with E-state index >= 15 is 0 Å². The second-order valence-corrected chi connectivity index (χ2v) is 5.43. The highest BCUT2D eigenvalue weighted by Gasteiger charge is 2.19. The van der Waals surface area contributed by atoms with E-state index in [0.29, 0.717) is 0 Å². The van der Waals surface area contributed by atoms with Crippen LogP contribution < -0.4 is 0 Å². The van der Waals surface area contributed by atoms with Gasteiger partial charge in [-0.25, -0.2) is 15.0 Å². The van der Waals surface area contributed by atoms with Gasteiger partial charge in [-0.3, -0.25) is 4.57 Å². The summed E-state index contributed by atoms with van der Waals surface area (Å²) < 4.78 is 7.79. The van der Waals surface area contributed by atoms with Crippen LogP contribution in [0.3, 0.4) is 0 Å². The number of ether oxygens (including phenoxy) is 1. The lowest BCUT2D eigenvalue weighted by atomic mass is 10.2. The SMILES string of the molecule is C/C(=C\C=C\c1ncnc2c1ncn2C1CCCCO1)CO. The molecule has 1 aliphatic heterocycles. The van der Waals surface area contributed by atoms with Gasteiger partial charge in [-0.1, -0.05) is 12.2 Å². The first-order chi connectivity index (χ1) is 10.8. The summed E-state index contributed by atoms with van der Waals surface area (Å²) >= 11 is 0. The minimum Gasteiger partial charge on any atom is -0.392 e. The fourth-order valence-electron chi connectivity index (χ4n) is 2.50. The van der Waals surface area contributed by atoms with Gasteiger partial charge in [0.25, 0.3) is 0 Å². The molecule has 0 aromatic carbocycles. The van der Waals surface area contributed by atoms with E-state index in [2.05, 4.69) is 15.0 Å². The van der Waals surface area contributed by atoms with E-state index in [4.69, 9.17) is 9.84 Å². The largest absolute Gasteiger partial charge is 0.392 e. The summed E-state index contributed by atoms with van der Waals surface area (Å²) in [5, 5.41) is 8.99. The molecule has 2 aromatic heterocycles. The number of allylic oxidation sites excluding steroid dienone is 2. The third kappa shape index (κ3) is 3.08. The summed E-state index contributed by atoms with van der Waals surface area (Å²) in [6.45, 7) is 2.71. The van der Waals surface area contributed by atoms with Crippen LogP contribution in [0, 0.1) is 0 Å². The number of hydrogen-bond acceptors (Lipinski definition) is 5. The molecule has 1 fully saturated rings. The lowest BCUT2D eigenvalue weighted by Crippen LogP contribution is -2.17. The summed E-state index contributed by atoms with van der Waals surface area (Å²) in [7, 11) is 0. The van der Waals surface area contributed by atoms with Crippen LogP contribution in [0.4, 0.5) is 0 Å². The zero-order valence-corrected chi connectivity index (χ0v) is 12.6. The summed E-state index contributed by atoms with van der Waals surface area (Å²) in [6, 6.07) is 0. The molecule has 1 atom stereocenters. The number of fused-ring (bicyclic) bond motifs is 1. The molecule has 1 saturated heterocycles. The molecule has 116 valence electrons. The van der Waals surface area contributed by atoms with Crippen LogP contribution >= 0.6 is 0 Å². The van der Waals surface area contributed by atoms with Crippen LogP contribution in [0.15, 0.2) is 30.4 Å². The molecule has 1 aliphatic rings. The standard InChI is InChI=1S/C16H20N4O2/c1-12(9-21)5-4-6-13-15-16(18-10-17-13)20(11-19-15)14-7-2-3-8-22-14/h4-6,10-11,14,21H,2-3,7-9H2,1H3/b6-4+,12-5+. The molecule has 6 heteroatoms. The van der Waals surface area contributed by atoms with Crippen LogP contribution in [0.2, 0.25) is 0 Å². The number of hydrogen-bond donors (Lipinski definition) is 1. The van der Waals surface area contributed by atoms with Crippen molar-refractivity contribution in [3.8, 4) is 0 Å². The second kappa shape index (κ2) is 6.81. The quantitative estimate of drug-likeness (QED) is 0.878. The molecule has 22 heavy (non-hydrogen) atoms. The zero-order valence-electron chi connectivity index (χ0n) is 12.6. The van der Waals surface area contributed by atoms with Gasteiger partial charge in [-0.15, -0.1) is 0 Å². The molecule has 2 aromatic rings. The van der Waals surface area contributed by atoms with Crippen molar-refractivity contribution in [2.75, 3.05) is 13.2 Å². The average molecular weight is 300 g/mol. The third-order valence-corrected chi connectivity index (χ3v) is 3.74. The maximum absolute atomic E-state index is 8.99. The Labute approximate surface area is 129 Å². The van der Waals surface area contributed by atoms with Crippen molar-refractivity contribution in [2.24, 2.45) is 0 Å². The van der Waals surface area contributed by atoms with Crippen molar-refractivity contribution in [2.45, 2.75) is 32.4 Å². The molecular formula is C16H20N4O2. The van der Waals surface area contributed by atoms with Gasteiger partial charge < -0.3 is 9.84 Å². The molecule has 0 radical (unpaired) electrons.